The van der Waals surface area contributed by atoms with Crippen LogP contribution in [0, 0.1) is 5.92 Å². The summed E-state index contributed by atoms with van der Waals surface area (Å²) < 4.78 is 0. The Morgan fingerprint density at radius 3 is 2.45 bits per heavy atom. The van der Waals surface area contributed by atoms with E-state index in [1.165, 1.54) is 11.3 Å². The van der Waals surface area contributed by atoms with Crippen molar-refractivity contribution in [3.05, 3.63) is 59.7 Å². The summed E-state index contributed by atoms with van der Waals surface area (Å²) >= 11 is 0. The van der Waals surface area contributed by atoms with Crippen LogP contribution in [0.4, 0.5) is 11.4 Å². The highest BCUT2D eigenvalue weighted by Gasteiger charge is 2.24. The van der Waals surface area contributed by atoms with Crippen molar-refractivity contribution in [3.8, 4) is 0 Å². The highest BCUT2D eigenvalue weighted by molar-refractivity contribution is 5.70. The molecule has 2 atom stereocenters. The minimum Gasteiger partial charge on any atom is -0.389 e. The third-order valence-electron chi connectivity index (χ3n) is 4.02. The van der Waals surface area contributed by atoms with Crippen LogP contribution >= 0.6 is 0 Å². The smallest absolute Gasteiger partial charge is 0.0782 e. The first-order valence-corrected chi connectivity index (χ1v) is 7.29. The van der Waals surface area contributed by atoms with Crippen LogP contribution in [0.3, 0.4) is 0 Å². The number of hydrogen-bond donors (Lipinski definition) is 1. The molecular formula is C18H21NO. The predicted octanol–water partition coefficient (Wildman–Crippen LogP) is 4.07. The van der Waals surface area contributed by atoms with Gasteiger partial charge in [-0.2, -0.15) is 0 Å². The molecule has 2 aromatic carbocycles. The molecule has 0 fully saturated rings. The highest BCUT2D eigenvalue weighted by atomic mass is 16.3. The molecule has 0 spiro atoms. The predicted molar refractivity (Wildman–Crippen MR) is 83.4 cm³/mol. The third kappa shape index (κ3) is 2.32. The molecule has 0 saturated carbocycles. The van der Waals surface area contributed by atoms with Crippen LogP contribution in [-0.2, 0) is 6.42 Å². The quantitative estimate of drug-likeness (QED) is 0.886. The van der Waals surface area contributed by atoms with Gasteiger partial charge in [-0.3, -0.25) is 0 Å². The van der Waals surface area contributed by atoms with Crippen molar-refractivity contribution in [1.82, 2.24) is 0 Å². The zero-order chi connectivity index (χ0) is 14.1. The van der Waals surface area contributed by atoms with Crippen molar-refractivity contribution in [2.75, 3.05) is 11.4 Å². The molecule has 0 aliphatic carbocycles. The molecule has 1 aliphatic heterocycles. The maximum Gasteiger partial charge on any atom is 0.0782 e. The van der Waals surface area contributed by atoms with Gasteiger partial charge in [-0.05, 0) is 37.0 Å². The van der Waals surface area contributed by atoms with Crippen LogP contribution in [-0.4, -0.2) is 11.7 Å². The molecule has 3 rings (SSSR count). The van der Waals surface area contributed by atoms with E-state index in [0.29, 0.717) is 5.92 Å². The number of nitrogens with zero attached hydrogens (tertiary/aromatic N) is 1. The van der Waals surface area contributed by atoms with Crippen molar-refractivity contribution in [3.63, 3.8) is 0 Å². The maximum absolute atomic E-state index is 10.0. The number of anilines is 2. The van der Waals surface area contributed by atoms with Gasteiger partial charge in [0.15, 0.2) is 0 Å². The number of hydrogen-bond acceptors (Lipinski definition) is 2. The Hall–Kier alpha value is -1.80. The summed E-state index contributed by atoms with van der Waals surface area (Å²) in [4.78, 5) is 2.35. The van der Waals surface area contributed by atoms with Gasteiger partial charge in [0, 0.05) is 23.5 Å². The van der Waals surface area contributed by atoms with Crippen molar-refractivity contribution in [2.24, 2.45) is 5.92 Å². The summed E-state index contributed by atoms with van der Waals surface area (Å²) in [7, 11) is 0. The highest BCUT2D eigenvalue weighted by Crippen LogP contribution is 2.38. The van der Waals surface area contributed by atoms with Gasteiger partial charge in [0.2, 0.25) is 0 Å². The Bertz CT molecular complexity index is 606. The third-order valence-corrected chi connectivity index (χ3v) is 4.02. The number of aliphatic hydroxyl groups is 1. The zero-order valence-electron chi connectivity index (χ0n) is 12.1. The standard InChI is InChI=1S/C18H21NO/c1-13-11-15-7-3-5-9-17(15)19(12-13)18-10-6-4-8-16(18)14(2)20/h3-10,13-14,20H,11-12H2,1-2H3/t13?,14-/m0/s1. The molecule has 1 unspecified atom stereocenters. The van der Waals surface area contributed by atoms with E-state index in [4.69, 9.17) is 0 Å². The minimum atomic E-state index is -0.449. The average molecular weight is 267 g/mol. The summed E-state index contributed by atoms with van der Waals surface area (Å²) in [5.74, 6) is 0.618. The number of fused-ring (bicyclic) bond motifs is 1. The van der Waals surface area contributed by atoms with E-state index in [1.807, 2.05) is 25.1 Å². The molecule has 2 aromatic rings. The molecule has 0 saturated heterocycles. The summed E-state index contributed by atoms with van der Waals surface area (Å²) in [6.45, 7) is 5.12. The molecule has 104 valence electrons. The van der Waals surface area contributed by atoms with Crippen molar-refractivity contribution >= 4 is 11.4 Å². The Labute approximate surface area is 120 Å². The molecule has 1 aliphatic rings. The van der Waals surface area contributed by atoms with Gasteiger partial charge in [-0.15, -0.1) is 0 Å². The van der Waals surface area contributed by atoms with Gasteiger partial charge in [-0.1, -0.05) is 43.3 Å². The molecule has 1 heterocycles. The van der Waals surface area contributed by atoms with E-state index in [-0.39, 0.29) is 0 Å². The Morgan fingerprint density at radius 2 is 1.70 bits per heavy atom. The second kappa shape index (κ2) is 5.29. The lowest BCUT2D eigenvalue weighted by molar-refractivity contribution is 0.199. The van der Waals surface area contributed by atoms with Gasteiger partial charge >= 0.3 is 0 Å². The van der Waals surface area contributed by atoms with Crippen molar-refractivity contribution in [2.45, 2.75) is 26.4 Å². The van der Waals surface area contributed by atoms with E-state index >= 15 is 0 Å². The van der Waals surface area contributed by atoms with Crippen LogP contribution in [0.25, 0.3) is 0 Å². The monoisotopic (exact) mass is 267 g/mol. The SMILES string of the molecule is CC1Cc2ccccc2N(c2ccccc2[C@H](C)O)C1. The second-order valence-corrected chi connectivity index (χ2v) is 5.78. The van der Waals surface area contributed by atoms with E-state index < -0.39 is 6.10 Å². The van der Waals surface area contributed by atoms with Crippen LogP contribution in [0.5, 0.6) is 0 Å². The zero-order valence-corrected chi connectivity index (χ0v) is 12.1. The molecule has 0 amide bonds. The molecule has 2 heteroatoms. The average Bonchev–Trinajstić information content (AvgIpc) is 2.46. The van der Waals surface area contributed by atoms with Gasteiger partial charge in [0.25, 0.3) is 0 Å². The first-order valence-electron chi connectivity index (χ1n) is 7.29. The molecule has 0 bridgehead atoms. The summed E-state index contributed by atoms with van der Waals surface area (Å²) in [5, 5.41) is 10.0. The van der Waals surface area contributed by atoms with Crippen molar-refractivity contribution in [1.29, 1.82) is 0 Å². The van der Waals surface area contributed by atoms with Crippen molar-refractivity contribution < 1.29 is 5.11 Å². The number of benzene rings is 2. The summed E-state index contributed by atoms with van der Waals surface area (Å²) in [6.07, 6.45) is 0.680. The number of para-hydroxylation sites is 2. The fourth-order valence-corrected chi connectivity index (χ4v) is 3.11. The largest absolute Gasteiger partial charge is 0.389 e. The first-order chi connectivity index (χ1) is 9.66. The molecule has 0 radical (unpaired) electrons. The van der Waals surface area contributed by atoms with Crippen LogP contribution in [0.15, 0.2) is 48.5 Å². The minimum absolute atomic E-state index is 0.449. The lowest BCUT2D eigenvalue weighted by atomic mass is 9.92. The van der Waals surface area contributed by atoms with Crippen LogP contribution < -0.4 is 4.90 Å². The van der Waals surface area contributed by atoms with Gasteiger partial charge in [0.1, 0.15) is 0 Å². The second-order valence-electron chi connectivity index (χ2n) is 5.78. The molecule has 2 nitrogen and oxygen atoms in total. The number of aliphatic hydroxyl groups excluding tert-OH is 1. The van der Waals surface area contributed by atoms with Crippen LogP contribution in [0.1, 0.15) is 31.1 Å². The summed E-state index contributed by atoms with van der Waals surface area (Å²) in [6, 6.07) is 16.7. The Kier molecular flexibility index (Phi) is 3.49. The maximum atomic E-state index is 10.0. The Morgan fingerprint density at radius 1 is 1.05 bits per heavy atom. The lowest BCUT2D eigenvalue weighted by Crippen LogP contribution is -2.31. The van der Waals surface area contributed by atoms with E-state index in [2.05, 4.69) is 42.2 Å². The summed E-state index contributed by atoms with van der Waals surface area (Å²) in [5.41, 5.74) is 4.79. The molecule has 0 aromatic heterocycles. The molecular weight excluding hydrogens is 246 g/mol. The molecule has 1 N–H and O–H groups in total. The van der Waals surface area contributed by atoms with Crippen LogP contribution in [0.2, 0.25) is 0 Å². The fourth-order valence-electron chi connectivity index (χ4n) is 3.11. The van der Waals surface area contributed by atoms with E-state index in [9.17, 15) is 5.11 Å². The first kappa shape index (κ1) is 13.2. The van der Waals surface area contributed by atoms with E-state index in [0.717, 1.165) is 24.2 Å². The fraction of sp³-hybridized carbons (Fsp3) is 0.333. The normalized spacial score (nSPS) is 19.6. The van der Waals surface area contributed by atoms with Gasteiger partial charge in [-0.25, -0.2) is 0 Å². The molecule has 20 heavy (non-hydrogen) atoms. The van der Waals surface area contributed by atoms with E-state index in [1.54, 1.807) is 0 Å². The lowest BCUT2D eigenvalue weighted by Gasteiger charge is -2.36. The van der Waals surface area contributed by atoms with Gasteiger partial charge < -0.3 is 10.0 Å². The topological polar surface area (TPSA) is 23.5 Å². The van der Waals surface area contributed by atoms with Gasteiger partial charge in [0.05, 0.1) is 6.10 Å². The number of rotatable bonds is 2. The Balaban J connectivity index is 2.11.